The molecule has 3 heterocycles. The third-order valence-electron chi connectivity index (χ3n) is 5.42. The predicted octanol–water partition coefficient (Wildman–Crippen LogP) is 3.01. The van der Waals surface area contributed by atoms with E-state index in [1.54, 1.807) is 4.68 Å². The van der Waals surface area contributed by atoms with E-state index in [4.69, 9.17) is 9.26 Å². The van der Waals surface area contributed by atoms with Gasteiger partial charge in [0.1, 0.15) is 13.2 Å². The molecule has 0 bridgehead atoms. The number of rotatable bonds is 7. The van der Waals surface area contributed by atoms with Crippen molar-refractivity contribution >= 4 is 5.91 Å². The summed E-state index contributed by atoms with van der Waals surface area (Å²) in [6.45, 7) is 6.38. The minimum Gasteiger partial charge on any atom is -0.367 e. The highest BCUT2D eigenvalue weighted by molar-refractivity contribution is 5.76. The summed E-state index contributed by atoms with van der Waals surface area (Å²) in [5.74, 6) is 1.50. The maximum absolute atomic E-state index is 12.6. The van der Waals surface area contributed by atoms with Crippen molar-refractivity contribution in [2.45, 2.75) is 52.4 Å². The lowest BCUT2D eigenvalue weighted by Gasteiger charge is -2.30. The van der Waals surface area contributed by atoms with Crippen LogP contribution in [0.3, 0.4) is 0 Å². The molecule has 1 aliphatic heterocycles. The number of aryl methyl sites for hydroxylation is 2. The molecule has 1 fully saturated rings. The van der Waals surface area contributed by atoms with Crippen LogP contribution in [-0.4, -0.2) is 43.8 Å². The monoisotopic (exact) mass is 409 g/mol. The molecule has 8 heteroatoms. The molecule has 158 valence electrons. The van der Waals surface area contributed by atoms with Crippen LogP contribution in [-0.2, 0) is 29.3 Å². The number of hydrogen-bond donors (Lipinski definition) is 0. The molecule has 0 aliphatic carbocycles. The van der Waals surface area contributed by atoms with E-state index < -0.39 is 0 Å². The molecular formula is C22H27N5O3. The van der Waals surface area contributed by atoms with E-state index in [9.17, 15) is 4.79 Å². The van der Waals surface area contributed by atoms with Gasteiger partial charge in [0.25, 0.3) is 5.89 Å². The molecule has 1 amide bonds. The third kappa shape index (κ3) is 4.94. The van der Waals surface area contributed by atoms with E-state index in [2.05, 4.69) is 15.2 Å². The Morgan fingerprint density at radius 3 is 2.63 bits per heavy atom. The molecule has 0 saturated carbocycles. The van der Waals surface area contributed by atoms with E-state index in [1.807, 2.05) is 55.1 Å². The number of hydrogen-bond acceptors (Lipinski definition) is 6. The summed E-state index contributed by atoms with van der Waals surface area (Å²) in [6, 6.07) is 12.0. The second-order valence-electron chi connectivity index (χ2n) is 7.76. The molecule has 2 aromatic heterocycles. The second kappa shape index (κ2) is 9.21. The summed E-state index contributed by atoms with van der Waals surface area (Å²) in [5.41, 5.74) is 3.04. The summed E-state index contributed by atoms with van der Waals surface area (Å²) >= 11 is 0. The van der Waals surface area contributed by atoms with Crippen LogP contribution in [0.1, 0.15) is 47.4 Å². The molecular weight excluding hydrogens is 382 g/mol. The van der Waals surface area contributed by atoms with Crippen LogP contribution in [0.4, 0.5) is 0 Å². The molecule has 1 aromatic carbocycles. The highest BCUT2D eigenvalue weighted by atomic mass is 16.5. The van der Waals surface area contributed by atoms with E-state index in [0.717, 1.165) is 29.8 Å². The molecule has 3 aromatic rings. The minimum atomic E-state index is 0.0998. The maximum Gasteiger partial charge on any atom is 0.252 e. The smallest absolute Gasteiger partial charge is 0.252 e. The van der Waals surface area contributed by atoms with Gasteiger partial charge in [-0.3, -0.25) is 9.48 Å². The normalized spacial score (nSPS) is 14.9. The first-order valence-corrected chi connectivity index (χ1v) is 10.3. The molecule has 0 atom stereocenters. The van der Waals surface area contributed by atoms with Gasteiger partial charge in [0.15, 0.2) is 5.82 Å². The molecule has 0 N–H and O–H groups in total. The van der Waals surface area contributed by atoms with Gasteiger partial charge in [0.2, 0.25) is 5.91 Å². The van der Waals surface area contributed by atoms with Crippen LogP contribution in [0.25, 0.3) is 0 Å². The fourth-order valence-corrected chi connectivity index (χ4v) is 3.77. The highest BCUT2D eigenvalue weighted by Crippen LogP contribution is 2.26. The zero-order chi connectivity index (χ0) is 20.9. The largest absolute Gasteiger partial charge is 0.367 e. The van der Waals surface area contributed by atoms with Crippen LogP contribution in [0.5, 0.6) is 0 Å². The first-order chi connectivity index (χ1) is 14.6. The Hall–Kier alpha value is -3.00. The number of carbonyl (C=O) groups is 1. The highest BCUT2D eigenvalue weighted by Gasteiger charge is 2.27. The van der Waals surface area contributed by atoms with Crippen LogP contribution < -0.4 is 0 Å². The van der Waals surface area contributed by atoms with Crippen molar-refractivity contribution in [3.05, 3.63) is 65.1 Å². The van der Waals surface area contributed by atoms with Gasteiger partial charge in [-0.15, -0.1) is 0 Å². The summed E-state index contributed by atoms with van der Waals surface area (Å²) in [5, 5.41) is 8.51. The van der Waals surface area contributed by atoms with E-state index >= 15 is 0 Å². The molecule has 0 unspecified atom stereocenters. The van der Waals surface area contributed by atoms with Crippen molar-refractivity contribution in [3.63, 3.8) is 0 Å². The number of aromatic nitrogens is 4. The molecule has 0 radical (unpaired) electrons. The number of carbonyl (C=O) groups excluding carboxylic acids is 1. The second-order valence-corrected chi connectivity index (χ2v) is 7.76. The van der Waals surface area contributed by atoms with Crippen LogP contribution in [0.2, 0.25) is 0 Å². The Bertz CT molecular complexity index is 974. The average Bonchev–Trinajstić information content (AvgIpc) is 3.35. The Morgan fingerprint density at radius 2 is 1.93 bits per heavy atom. The summed E-state index contributed by atoms with van der Waals surface area (Å²) < 4.78 is 12.8. The van der Waals surface area contributed by atoms with Gasteiger partial charge in [0, 0.05) is 24.7 Å². The summed E-state index contributed by atoms with van der Waals surface area (Å²) in [7, 11) is 0. The standard InChI is InChI=1S/C22H27N5O3/c1-16-12-17(2)27(24-16)13-21(28)26-10-8-19(9-11-26)22-23-20(30-25-22)15-29-14-18-6-4-3-5-7-18/h3-7,12,19H,8-11,13-15H2,1-2H3. The summed E-state index contributed by atoms with van der Waals surface area (Å²) in [4.78, 5) is 19.0. The van der Waals surface area contributed by atoms with Crippen molar-refractivity contribution in [2.24, 2.45) is 0 Å². The number of likely N-dealkylation sites (tertiary alicyclic amines) is 1. The van der Waals surface area contributed by atoms with Crippen molar-refractivity contribution < 1.29 is 14.1 Å². The molecule has 0 spiro atoms. The zero-order valence-corrected chi connectivity index (χ0v) is 17.5. The number of nitrogens with zero attached hydrogens (tertiary/aromatic N) is 5. The summed E-state index contributed by atoms with van der Waals surface area (Å²) in [6.07, 6.45) is 1.65. The van der Waals surface area contributed by atoms with Crippen molar-refractivity contribution in [2.75, 3.05) is 13.1 Å². The van der Waals surface area contributed by atoms with Crippen LogP contribution in [0, 0.1) is 13.8 Å². The Labute approximate surface area is 175 Å². The van der Waals surface area contributed by atoms with Gasteiger partial charge in [0.05, 0.1) is 12.3 Å². The fraction of sp³-hybridized carbons (Fsp3) is 0.455. The molecule has 4 rings (SSSR count). The van der Waals surface area contributed by atoms with Gasteiger partial charge in [-0.1, -0.05) is 35.5 Å². The first kappa shape index (κ1) is 20.3. The average molecular weight is 409 g/mol. The van der Waals surface area contributed by atoms with E-state index in [1.165, 1.54) is 0 Å². The Kier molecular flexibility index (Phi) is 6.23. The first-order valence-electron chi connectivity index (χ1n) is 10.3. The lowest BCUT2D eigenvalue weighted by molar-refractivity contribution is -0.133. The van der Waals surface area contributed by atoms with Crippen LogP contribution >= 0.6 is 0 Å². The van der Waals surface area contributed by atoms with Gasteiger partial charge in [-0.25, -0.2) is 0 Å². The minimum absolute atomic E-state index is 0.0998. The predicted molar refractivity (Wildman–Crippen MR) is 109 cm³/mol. The van der Waals surface area contributed by atoms with Crippen molar-refractivity contribution in [3.8, 4) is 0 Å². The van der Waals surface area contributed by atoms with Gasteiger partial charge in [-0.2, -0.15) is 10.1 Å². The molecule has 1 aliphatic rings. The Morgan fingerprint density at radius 1 is 1.17 bits per heavy atom. The number of benzene rings is 1. The zero-order valence-electron chi connectivity index (χ0n) is 17.5. The lowest BCUT2D eigenvalue weighted by Crippen LogP contribution is -2.40. The van der Waals surface area contributed by atoms with E-state index in [0.29, 0.717) is 38.0 Å². The van der Waals surface area contributed by atoms with Crippen LogP contribution in [0.15, 0.2) is 40.9 Å². The quantitative estimate of drug-likeness (QED) is 0.596. The number of amides is 1. The van der Waals surface area contributed by atoms with Crippen molar-refractivity contribution in [1.82, 2.24) is 24.8 Å². The topological polar surface area (TPSA) is 86.3 Å². The molecule has 8 nitrogen and oxygen atoms in total. The van der Waals surface area contributed by atoms with E-state index in [-0.39, 0.29) is 18.4 Å². The third-order valence-corrected chi connectivity index (χ3v) is 5.42. The Balaban J connectivity index is 1.24. The fourth-order valence-electron chi connectivity index (χ4n) is 3.77. The number of piperidine rings is 1. The molecule has 1 saturated heterocycles. The SMILES string of the molecule is Cc1cc(C)n(CC(=O)N2CCC(c3noc(COCc4ccccc4)n3)CC2)n1. The van der Waals surface area contributed by atoms with Gasteiger partial charge in [-0.05, 0) is 38.3 Å². The number of ether oxygens (including phenoxy) is 1. The molecule has 30 heavy (non-hydrogen) atoms. The lowest BCUT2D eigenvalue weighted by atomic mass is 9.96. The maximum atomic E-state index is 12.6. The van der Waals surface area contributed by atoms with Crippen molar-refractivity contribution in [1.29, 1.82) is 0 Å². The van der Waals surface area contributed by atoms with Gasteiger partial charge < -0.3 is 14.2 Å². The van der Waals surface area contributed by atoms with Gasteiger partial charge >= 0.3 is 0 Å².